The molecule has 0 spiro atoms. The van der Waals surface area contributed by atoms with Gasteiger partial charge in [-0.3, -0.25) is 14.0 Å². The minimum Gasteiger partial charge on any atom is -0.345 e. The van der Waals surface area contributed by atoms with Crippen LogP contribution in [0.15, 0.2) is 71.8 Å². The van der Waals surface area contributed by atoms with Crippen LogP contribution in [0.3, 0.4) is 0 Å². The molecule has 1 N–H and O–H groups in total. The number of carbonyl (C=O) groups excluding carboxylic acids is 1. The molecule has 0 radical (unpaired) electrons. The molecule has 4 aromatic rings. The number of aryl methyl sites for hydroxylation is 1. The molecule has 4 rings (SSSR count). The lowest BCUT2D eigenvalue weighted by atomic mass is 10.0. The standard InChI is InChI=1S/C22H19N3O2/c1-14-7-10-20-23-12-19(22(27)25(20)13-14)21(26)24-15(2)17-9-8-16-5-3-4-6-18(16)11-17/h3-13,15H,1-2H3,(H,24,26). The van der Waals surface area contributed by atoms with E-state index in [1.165, 1.54) is 10.6 Å². The number of amides is 1. The summed E-state index contributed by atoms with van der Waals surface area (Å²) in [5.74, 6) is -0.427. The maximum absolute atomic E-state index is 12.7. The molecule has 1 amide bonds. The van der Waals surface area contributed by atoms with Crippen LogP contribution in [-0.2, 0) is 0 Å². The number of benzene rings is 2. The Morgan fingerprint density at radius 3 is 2.67 bits per heavy atom. The van der Waals surface area contributed by atoms with Crippen LogP contribution < -0.4 is 10.9 Å². The zero-order valence-electron chi connectivity index (χ0n) is 15.1. The Kier molecular flexibility index (Phi) is 4.20. The van der Waals surface area contributed by atoms with Crippen molar-refractivity contribution in [2.45, 2.75) is 19.9 Å². The van der Waals surface area contributed by atoms with Gasteiger partial charge in [-0.15, -0.1) is 0 Å². The summed E-state index contributed by atoms with van der Waals surface area (Å²) in [6.07, 6.45) is 3.03. The quantitative estimate of drug-likeness (QED) is 0.609. The van der Waals surface area contributed by atoms with Crippen molar-refractivity contribution in [1.82, 2.24) is 14.7 Å². The third kappa shape index (κ3) is 3.19. The van der Waals surface area contributed by atoms with Crippen molar-refractivity contribution in [2.75, 3.05) is 0 Å². The molecule has 0 saturated carbocycles. The summed E-state index contributed by atoms with van der Waals surface area (Å²) in [5, 5.41) is 5.16. The average molecular weight is 357 g/mol. The van der Waals surface area contributed by atoms with Crippen LogP contribution in [0.5, 0.6) is 0 Å². The smallest absolute Gasteiger partial charge is 0.270 e. The summed E-state index contributed by atoms with van der Waals surface area (Å²) < 4.78 is 1.41. The summed E-state index contributed by atoms with van der Waals surface area (Å²) >= 11 is 0. The van der Waals surface area contributed by atoms with Gasteiger partial charge in [-0.1, -0.05) is 42.5 Å². The van der Waals surface area contributed by atoms with Gasteiger partial charge in [0.1, 0.15) is 11.2 Å². The van der Waals surface area contributed by atoms with E-state index in [1.54, 1.807) is 12.3 Å². The van der Waals surface area contributed by atoms with Crippen molar-refractivity contribution >= 4 is 22.3 Å². The van der Waals surface area contributed by atoms with Crippen molar-refractivity contribution in [1.29, 1.82) is 0 Å². The Bertz CT molecular complexity index is 1230. The summed E-state index contributed by atoms with van der Waals surface area (Å²) in [6, 6.07) is 17.5. The minimum atomic E-state index is -0.427. The van der Waals surface area contributed by atoms with Gasteiger partial charge in [0.05, 0.1) is 6.04 Å². The van der Waals surface area contributed by atoms with E-state index in [0.29, 0.717) is 5.65 Å². The molecular weight excluding hydrogens is 338 g/mol. The van der Waals surface area contributed by atoms with Crippen molar-refractivity contribution < 1.29 is 4.79 Å². The number of rotatable bonds is 3. The number of nitrogens with zero attached hydrogens (tertiary/aromatic N) is 2. The Labute approximate surface area is 156 Å². The van der Waals surface area contributed by atoms with Gasteiger partial charge in [0.2, 0.25) is 0 Å². The average Bonchev–Trinajstić information content (AvgIpc) is 2.68. The summed E-state index contributed by atoms with van der Waals surface area (Å²) in [4.78, 5) is 29.6. The highest BCUT2D eigenvalue weighted by Gasteiger charge is 2.16. The van der Waals surface area contributed by atoms with E-state index in [1.807, 2.05) is 56.3 Å². The van der Waals surface area contributed by atoms with Crippen LogP contribution in [0.25, 0.3) is 16.4 Å². The van der Waals surface area contributed by atoms with Crippen LogP contribution >= 0.6 is 0 Å². The van der Waals surface area contributed by atoms with Gasteiger partial charge in [0.25, 0.3) is 11.5 Å². The number of aromatic nitrogens is 2. The first-order valence-electron chi connectivity index (χ1n) is 8.80. The number of pyridine rings is 1. The van der Waals surface area contributed by atoms with Gasteiger partial charge in [-0.2, -0.15) is 0 Å². The number of nitrogens with one attached hydrogen (secondary N) is 1. The fraction of sp³-hybridized carbons (Fsp3) is 0.136. The SMILES string of the molecule is Cc1ccc2ncc(C(=O)NC(C)c3ccc4ccccc4c3)c(=O)n2c1. The van der Waals surface area contributed by atoms with Gasteiger partial charge < -0.3 is 5.32 Å². The monoisotopic (exact) mass is 357 g/mol. The van der Waals surface area contributed by atoms with Crippen LogP contribution in [-0.4, -0.2) is 15.3 Å². The van der Waals surface area contributed by atoms with Crippen LogP contribution in [0.2, 0.25) is 0 Å². The molecule has 2 aromatic carbocycles. The van der Waals surface area contributed by atoms with Gasteiger partial charge >= 0.3 is 0 Å². The molecule has 2 heterocycles. The third-order valence-electron chi connectivity index (χ3n) is 4.72. The van der Waals surface area contributed by atoms with E-state index in [0.717, 1.165) is 21.9 Å². The highest BCUT2D eigenvalue weighted by atomic mass is 16.2. The zero-order valence-corrected chi connectivity index (χ0v) is 15.1. The van der Waals surface area contributed by atoms with Gasteiger partial charge in [-0.05, 0) is 47.9 Å². The number of hydrogen-bond acceptors (Lipinski definition) is 3. The van der Waals surface area contributed by atoms with Crippen LogP contribution in [0, 0.1) is 6.92 Å². The van der Waals surface area contributed by atoms with Crippen molar-refractivity contribution in [2.24, 2.45) is 0 Å². The first-order valence-corrected chi connectivity index (χ1v) is 8.80. The largest absolute Gasteiger partial charge is 0.345 e. The summed E-state index contributed by atoms with van der Waals surface area (Å²) in [6.45, 7) is 3.79. The molecule has 0 aliphatic rings. The Morgan fingerprint density at radius 1 is 1.07 bits per heavy atom. The first kappa shape index (κ1) is 17.0. The lowest BCUT2D eigenvalue weighted by Crippen LogP contribution is -2.33. The van der Waals surface area contributed by atoms with Crippen molar-refractivity contribution in [3.63, 3.8) is 0 Å². The maximum atomic E-state index is 12.7. The molecule has 0 fully saturated rings. The van der Waals surface area contributed by atoms with Gasteiger partial charge in [0, 0.05) is 12.4 Å². The predicted molar refractivity (Wildman–Crippen MR) is 106 cm³/mol. The molecule has 5 nitrogen and oxygen atoms in total. The van der Waals surface area contributed by atoms with E-state index in [9.17, 15) is 9.59 Å². The minimum absolute atomic E-state index is 0.0331. The van der Waals surface area contributed by atoms with E-state index in [4.69, 9.17) is 0 Å². The maximum Gasteiger partial charge on any atom is 0.270 e. The molecule has 1 unspecified atom stereocenters. The van der Waals surface area contributed by atoms with Gasteiger partial charge in [-0.25, -0.2) is 4.98 Å². The van der Waals surface area contributed by atoms with E-state index in [-0.39, 0.29) is 17.2 Å². The molecule has 134 valence electrons. The Morgan fingerprint density at radius 2 is 1.85 bits per heavy atom. The molecule has 0 bridgehead atoms. The van der Waals surface area contributed by atoms with Crippen molar-refractivity contribution in [3.8, 4) is 0 Å². The van der Waals surface area contributed by atoms with Crippen LogP contribution in [0.1, 0.15) is 34.5 Å². The summed E-state index contributed by atoms with van der Waals surface area (Å²) in [5.41, 5.74) is 2.09. The number of hydrogen-bond donors (Lipinski definition) is 1. The second kappa shape index (κ2) is 6.68. The Hall–Kier alpha value is -3.47. The normalized spacial score (nSPS) is 12.2. The highest BCUT2D eigenvalue weighted by molar-refractivity contribution is 5.94. The van der Waals surface area contributed by atoms with Gasteiger partial charge in [0.15, 0.2) is 0 Å². The summed E-state index contributed by atoms with van der Waals surface area (Å²) in [7, 11) is 0. The lowest BCUT2D eigenvalue weighted by molar-refractivity contribution is 0.0938. The molecule has 0 aliphatic heterocycles. The molecule has 27 heavy (non-hydrogen) atoms. The fourth-order valence-corrected chi connectivity index (χ4v) is 3.17. The number of carbonyl (C=O) groups is 1. The molecule has 2 aromatic heterocycles. The van der Waals surface area contributed by atoms with E-state index < -0.39 is 5.91 Å². The second-order valence-electron chi connectivity index (χ2n) is 6.71. The molecule has 0 saturated heterocycles. The fourth-order valence-electron chi connectivity index (χ4n) is 3.17. The number of fused-ring (bicyclic) bond motifs is 2. The Balaban J connectivity index is 1.63. The lowest BCUT2D eigenvalue weighted by Gasteiger charge is -2.15. The molecule has 1 atom stereocenters. The van der Waals surface area contributed by atoms with Crippen LogP contribution in [0.4, 0.5) is 0 Å². The zero-order chi connectivity index (χ0) is 19.0. The first-order chi connectivity index (χ1) is 13.0. The molecular formula is C22H19N3O2. The topological polar surface area (TPSA) is 63.5 Å². The van der Waals surface area contributed by atoms with Crippen molar-refractivity contribution in [3.05, 3.63) is 94.0 Å². The third-order valence-corrected chi connectivity index (χ3v) is 4.72. The van der Waals surface area contributed by atoms with E-state index >= 15 is 0 Å². The highest BCUT2D eigenvalue weighted by Crippen LogP contribution is 2.20. The molecule has 5 heteroatoms. The predicted octanol–water partition coefficient (Wildman–Crippen LogP) is 3.65. The second-order valence-corrected chi connectivity index (χ2v) is 6.71. The molecule has 0 aliphatic carbocycles. The van der Waals surface area contributed by atoms with E-state index in [2.05, 4.69) is 16.4 Å².